The minimum Gasteiger partial charge on any atom is -0.465 e. The number of allylic oxidation sites excluding steroid dienone is 2. The molecular formula is C19H18N2O2. The van der Waals surface area contributed by atoms with E-state index in [9.17, 15) is 4.79 Å². The van der Waals surface area contributed by atoms with Gasteiger partial charge in [-0.2, -0.15) is 0 Å². The number of pyridine rings is 1. The Morgan fingerprint density at radius 2 is 2.09 bits per heavy atom. The maximum absolute atomic E-state index is 12.1. The summed E-state index contributed by atoms with van der Waals surface area (Å²) in [6.07, 6.45) is 9.17. The van der Waals surface area contributed by atoms with Crippen LogP contribution < -0.4 is 5.32 Å². The van der Waals surface area contributed by atoms with Crippen molar-refractivity contribution in [3.8, 4) is 0 Å². The van der Waals surface area contributed by atoms with E-state index >= 15 is 0 Å². The molecule has 4 rings (SSSR count). The highest BCUT2D eigenvalue weighted by molar-refractivity contribution is 5.97. The molecule has 4 nitrogen and oxygen atoms in total. The molecule has 2 aliphatic rings. The van der Waals surface area contributed by atoms with Crippen molar-refractivity contribution in [2.24, 2.45) is 5.92 Å². The summed E-state index contributed by atoms with van der Waals surface area (Å²) in [5.74, 6) is 0.482. The second-order valence-electron chi connectivity index (χ2n) is 6.02. The summed E-state index contributed by atoms with van der Waals surface area (Å²) in [5.41, 5.74) is 3.87. The average Bonchev–Trinajstić information content (AvgIpc) is 3.10. The minimum atomic E-state index is -0.303. The molecule has 0 bridgehead atoms. The summed E-state index contributed by atoms with van der Waals surface area (Å²) in [7, 11) is 1.42. The lowest BCUT2D eigenvalue weighted by Crippen LogP contribution is -2.30. The molecule has 2 aromatic rings. The highest BCUT2D eigenvalue weighted by Crippen LogP contribution is 2.50. The second-order valence-corrected chi connectivity index (χ2v) is 6.02. The Balaban J connectivity index is 1.84. The summed E-state index contributed by atoms with van der Waals surface area (Å²) in [4.78, 5) is 16.2. The molecule has 4 heteroatoms. The van der Waals surface area contributed by atoms with Crippen LogP contribution in [0.3, 0.4) is 0 Å². The fourth-order valence-electron chi connectivity index (χ4n) is 3.80. The second kappa shape index (κ2) is 5.54. The van der Waals surface area contributed by atoms with Crippen LogP contribution in [0.2, 0.25) is 0 Å². The van der Waals surface area contributed by atoms with E-state index in [1.165, 1.54) is 18.2 Å². The summed E-state index contributed by atoms with van der Waals surface area (Å²) < 4.78 is 4.95. The molecule has 0 saturated carbocycles. The van der Waals surface area contributed by atoms with Crippen molar-refractivity contribution in [1.82, 2.24) is 4.98 Å². The number of ether oxygens (including phenoxy) is 1. The number of nitrogens with one attached hydrogen (secondary N) is 1. The number of aromatic nitrogens is 1. The quantitative estimate of drug-likeness (QED) is 0.679. The van der Waals surface area contributed by atoms with Crippen LogP contribution in [0.25, 0.3) is 0 Å². The van der Waals surface area contributed by atoms with Gasteiger partial charge in [-0.3, -0.25) is 4.98 Å². The third-order valence-corrected chi connectivity index (χ3v) is 4.87. The van der Waals surface area contributed by atoms with Crippen molar-refractivity contribution < 1.29 is 9.53 Å². The number of fused-ring (bicyclic) bond motifs is 3. The van der Waals surface area contributed by atoms with Crippen LogP contribution >= 0.6 is 0 Å². The maximum Gasteiger partial charge on any atom is 0.339 e. The zero-order valence-corrected chi connectivity index (χ0v) is 12.9. The highest BCUT2D eigenvalue weighted by Gasteiger charge is 2.39. The molecule has 0 spiro atoms. The van der Waals surface area contributed by atoms with Gasteiger partial charge in [0.05, 0.1) is 24.4 Å². The predicted octanol–water partition coefficient (Wildman–Crippen LogP) is 3.69. The van der Waals surface area contributed by atoms with E-state index in [2.05, 4.69) is 28.5 Å². The predicted molar refractivity (Wildman–Crippen MR) is 88.4 cm³/mol. The normalized spacial score (nSPS) is 24.5. The number of esters is 1. The molecule has 116 valence electrons. The molecule has 3 atom stereocenters. The molecule has 1 aliphatic carbocycles. The number of para-hydroxylation sites is 1. The Kier molecular flexibility index (Phi) is 3.37. The molecule has 23 heavy (non-hydrogen) atoms. The Morgan fingerprint density at radius 1 is 1.26 bits per heavy atom. The van der Waals surface area contributed by atoms with Crippen molar-refractivity contribution in [3.63, 3.8) is 0 Å². The molecule has 1 N–H and O–H groups in total. The average molecular weight is 306 g/mol. The number of hydrogen-bond acceptors (Lipinski definition) is 4. The lowest BCUT2D eigenvalue weighted by molar-refractivity contribution is 0.0601. The monoisotopic (exact) mass is 306 g/mol. The van der Waals surface area contributed by atoms with E-state index in [0.717, 1.165) is 12.1 Å². The van der Waals surface area contributed by atoms with Crippen LogP contribution in [0.5, 0.6) is 0 Å². The van der Waals surface area contributed by atoms with Gasteiger partial charge in [0.25, 0.3) is 0 Å². The van der Waals surface area contributed by atoms with Gasteiger partial charge in [-0.25, -0.2) is 4.79 Å². The van der Waals surface area contributed by atoms with Gasteiger partial charge in [0.2, 0.25) is 0 Å². The maximum atomic E-state index is 12.1. The molecule has 2 heterocycles. The lowest BCUT2D eigenvalue weighted by Gasteiger charge is -2.38. The fourth-order valence-corrected chi connectivity index (χ4v) is 3.80. The van der Waals surface area contributed by atoms with Crippen molar-refractivity contribution >= 4 is 11.7 Å². The van der Waals surface area contributed by atoms with Gasteiger partial charge in [-0.05, 0) is 41.7 Å². The first-order chi connectivity index (χ1) is 11.3. The zero-order chi connectivity index (χ0) is 15.8. The van der Waals surface area contributed by atoms with Gasteiger partial charge in [0.15, 0.2) is 0 Å². The summed E-state index contributed by atoms with van der Waals surface area (Å²) in [6.45, 7) is 0. The Labute approximate surface area is 135 Å². The van der Waals surface area contributed by atoms with Crippen LogP contribution in [-0.2, 0) is 4.74 Å². The van der Waals surface area contributed by atoms with E-state index in [4.69, 9.17) is 4.74 Å². The van der Waals surface area contributed by atoms with Gasteiger partial charge in [0.1, 0.15) is 0 Å². The van der Waals surface area contributed by atoms with E-state index in [-0.39, 0.29) is 12.0 Å². The van der Waals surface area contributed by atoms with Crippen LogP contribution in [0.1, 0.15) is 39.9 Å². The number of benzene rings is 1. The number of hydrogen-bond donors (Lipinski definition) is 1. The standard InChI is InChI=1S/C19H18N2O2/c1-23-19(22)16-7-3-6-15-13-4-2-5-14(13)17(21-18(15)16)12-8-10-20-11-9-12/h2-4,6-11,13-14,17,21H,5H2,1H3/t13-,14+,17-/m1/s1. The van der Waals surface area contributed by atoms with E-state index < -0.39 is 0 Å². The van der Waals surface area contributed by atoms with Gasteiger partial charge in [-0.15, -0.1) is 0 Å². The van der Waals surface area contributed by atoms with Crippen LogP contribution in [-0.4, -0.2) is 18.1 Å². The first-order valence-corrected chi connectivity index (χ1v) is 7.84. The molecule has 0 saturated heterocycles. The van der Waals surface area contributed by atoms with Crippen molar-refractivity contribution in [2.75, 3.05) is 12.4 Å². The fraction of sp³-hybridized carbons (Fsp3) is 0.263. The SMILES string of the molecule is COC(=O)c1cccc2c1N[C@H](c1ccncc1)[C@H]1CC=C[C@@H]21. The molecule has 1 aromatic carbocycles. The van der Waals surface area contributed by atoms with Crippen LogP contribution in [0.15, 0.2) is 54.9 Å². The number of methoxy groups -OCH3 is 1. The van der Waals surface area contributed by atoms with E-state index in [1.807, 2.05) is 36.7 Å². The number of anilines is 1. The molecule has 1 aliphatic heterocycles. The van der Waals surface area contributed by atoms with Gasteiger partial charge < -0.3 is 10.1 Å². The number of nitrogens with zero attached hydrogens (tertiary/aromatic N) is 1. The van der Waals surface area contributed by atoms with Gasteiger partial charge in [0, 0.05) is 18.3 Å². The topological polar surface area (TPSA) is 51.2 Å². The largest absolute Gasteiger partial charge is 0.465 e. The van der Waals surface area contributed by atoms with E-state index in [1.54, 1.807) is 0 Å². The van der Waals surface area contributed by atoms with Crippen molar-refractivity contribution in [2.45, 2.75) is 18.4 Å². The highest BCUT2D eigenvalue weighted by atomic mass is 16.5. The van der Waals surface area contributed by atoms with Crippen LogP contribution in [0, 0.1) is 5.92 Å². The van der Waals surface area contributed by atoms with Gasteiger partial charge >= 0.3 is 5.97 Å². The van der Waals surface area contributed by atoms with Gasteiger partial charge in [-0.1, -0.05) is 24.3 Å². The van der Waals surface area contributed by atoms with Crippen LogP contribution in [0.4, 0.5) is 5.69 Å². The molecule has 1 aromatic heterocycles. The summed E-state index contributed by atoms with van der Waals surface area (Å²) in [6, 6.07) is 10.1. The van der Waals surface area contributed by atoms with Crippen molar-refractivity contribution in [1.29, 1.82) is 0 Å². The number of rotatable bonds is 2. The molecule has 0 radical (unpaired) electrons. The third kappa shape index (κ3) is 2.22. The molecule has 0 fully saturated rings. The lowest BCUT2D eigenvalue weighted by atomic mass is 9.76. The van der Waals surface area contributed by atoms with Crippen molar-refractivity contribution in [3.05, 3.63) is 71.6 Å². The zero-order valence-electron chi connectivity index (χ0n) is 12.9. The summed E-state index contributed by atoms with van der Waals surface area (Å²) in [5, 5.41) is 3.60. The number of carbonyl (C=O) groups is 1. The number of carbonyl (C=O) groups excluding carboxylic acids is 1. The third-order valence-electron chi connectivity index (χ3n) is 4.87. The Hall–Kier alpha value is -2.62. The summed E-state index contributed by atoms with van der Waals surface area (Å²) >= 11 is 0. The smallest absolute Gasteiger partial charge is 0.339 e. The minimum absolute atomic E-state index is 0.163. The first-order valence-electron chi connectivity index (χ1n) is 7.84. The van der Waals surface area contributed by atoms with E-state index in [0.29, 0.717) is 17.4 Å². The Morgan fingerprint density at radius 3 is 2.87 bits per heavy atom. The molecule has 0 unspecified atom stereocenters. The molecular weight excluding hydrogens is 288 g/mol. The molecule has 0 amide bonds. The Bertz CT molecular complexity index is 770. The first kappa shape index (κ1) is 14.0.